The van der Waals surface area contributed by atoms with E-state index >= 15 is 0 Å². The summed E-state index contributed by atoms with van der Waals surface area (Å²) in [5, 5.41) is 9.93. The lowest BCUT2D eigenvalue weighted by atomic mass is 9.87. The summed E-state index contributed by atoms with van der Waals surface area (Å²) in [4.78, 5) is 30.4. The van der Waals surface area contributed by atoms with E-state index in [1.54, 1.807) is 11.8 Å². The molecule has 2 aromatic carbocycles. The zero-order chi connectivity index (χ0) is 18.7. The summed E-state index contributed by atoms with van der Waals surface area (Å²) in [5.74, 6) is -1.04. The van der Waals surface area contributed by atoms with Crippen LogP contribution in [0, 0.1) is 0 Å². The van der Waals surface area contributed by atoms with E-state index in [4.69, 9.17) is 4.74 Å². The number of carbonyl (C=O) groups excluding carboxylic acids is 1. The predicted molar refractivity (Wildman–Crippen MR) is 96.9 cm³/mol. The van der Waals surface area contributed by atoms with Crippen molar-refractivity contribution in [3.05, 3.63) is 71.8 Å². The number of carboxylic acid groups (broad SMARTS) is 1. The molecule has 0 saturated heterocycles. The quantitative estimate of drug-likeness (QED) is 0.837. The molecule has 1 aliphatic heterocycles. The fourth-order valence-corrected chi connectivity index (χ4v) is 3.26. The van der Waals surface area contributed by atoms with Gasteiger partial charge in [-0.15, -0.1) is 0 Å². The largest absolute Gasteiger partial charge is 0.479 e. The highest BCUT2D eigenvalue weighted by molar-refractivity contribution is 6.04. The number of hydrogen-bond acceptors (Lipinski definition) is 5. The third-order valence-corrected chi connectivity index (χ3v) is 4.56. The van der Waals surface area contributed by atoms with Crippen LogP contribution in [0.25, 0.3) is 0 Å². The van der Waals surface area contributed by atoms with E-state index in [-0.39, 0.29) is 6.54 Å². The fraction of sp³-hybridized carbons (Fsp3) is 0.250. The van der Waals surface area contributed by atoms with Crippen molar-refractivity contribution in [2.45, 2.75) is 18.5 Å². The van der Waals surface area contributed by atoms with E-state index in [2.05, 4.69) is 4.99 Å². The van der Waals surface area contributed by atoms with Crippen LogP contribution in [0.3, 0.4) is 0 Å². The lowest BCUT2D eigenvalue weighted by Gasteiger charge is -2.33. The second-order valence-corrected chi connectivity index (χ2v) is 6.27. The Morgan fingerprint density at radius 3 is 2.23 bits per heavy atom. The number of aliphatic carboxylic acids is 1. The van der Waals surface area contributed by atoms with E-state index < -0.39 is 23.5 Å². The van der Waals surface area contributed by atoms with Gasteiger partial charge in [0.25, 0.3) is 0 Å². The standard InChI is InChI=1S/C20H20N2O4/c1-20(19(24)25)17(14-9-5-3-6-10-14)22(13-16(23)26-2)18(21-20)15-11-7-4-8-12-15/h3-12,17H,13H2,1-2H3,(H,24,25). The number of aliphatic imine (C=N–C) groups is 1. The summed E-state index contributed by atoms with van der Waals surface area (Å²) >= 11 is 0. The zero-order valence-corrected chi connectivity index (χ0v) is 14.6. The monoisotopic (exact) mass is 352 g/mol. The molecule has 1 heterocycles. The number of rotatable bonds is 5. The highest BCUT2D eigenvalue weighted by Crippen LogP contribution is 2.41. The van der Waals surface area contributed by atoms with Gasteiger partial charge in [0, 0.05) is 5.56 Å². The highest BCUT2D eigenvalue weighted by Gasteiger charge is 2.52. The third-order valence-electron chi connectivity index (χ3n) is 4.56. The molecule has 2 aromatic rings. The van der Waals surface area contributed by atoms with Crippen LogP contribution in [0.4, 0.5) is 0 Å². The second-order valence-electron chi connectivity index (χ2n) is 6.27. The van der Waals surface area contributed by atoms with E-state index in [1.165, 1.54) is 7.11 Å². The first-order valence-corrected chi connectivity index (χ1v) is 8.24. The summed E-state index contributed by atoms with van der Waals surface area (Å²) in [6, 6.07) is 17.9. The van der Waals surface area contributed by atoms with Crippen molar-refractivity contribution in [1.29, 1.82) is 0 Å². The predicted octanol–water partition coefficient (Wildman–Crippen LogP) is 2.51. The van der Waals surface area contributed by atoms with Gasteiger partial charge in [0.1, 0.15) is 12.4 Å². The van der Waals surface area contributed by atoms with Crippen LogP contribution in [0.1, 0.15) is 24.1 Å². The van der Waals surface area contributed by atoms with Crippen molar-refractivity contribution in [2.75, 3.05) is 13.7 Å². The van der Waals surface area contributed by atoms with Gasteiger partial charge in [0.05, 0.1) is 13.2 Å². The maximum Gasteiger partial charge on any atom is 0.333 e. The Morgan fingerprint density at radius 2 is 1.69 bits per heavy atom. The SMILES string of the molecule is COC(=O)CN1C(c2ccccc2)=NC(C)(C(=O)O)C1c1ccccc1. The minimum absolute atomic E-state index is 0.0906. The molecule has 0 spiro atoms. The number of nitrogens with zero attached hydrogens (tertiary/aromatic N) is 2. The minimum atomic E-state index is -1.43. The minimum Gasteiger partial charge on any atom is -0.479 e. The van der Waals surface area contributed by atoms with Crippen LogP contribution in [0.5, 0.6) is 0 Å². The molecule has 0 aromatic heterocycles. The number of carboxylic acids is 1. The van der Waals surface area contributed by atoms with Gasteiger partial charge in [0.15, 0.2) is 5.54 Å². The molecular weight excluding hydrogens is 332 g/mol. The van der Waals surface area contributed by atoms with Gasteiger partial charge in [-0.3, -0.25) is 4.79 Å². The molecule has 3 rings (SSSR count). The highest BCUT2D eigenvalue weighted by atomic mass is 16.5. The first-order chi connectivity index (χ1) is 12.5. The number of hydrogen-bond donors (Lipinski definition) is 1. The van der Waals surface area contributed by atoms with Gasteiger partial charge in [0.2, 0.25) is 0 Å². The molecule has 2 atom stereocenters. The van der Waals surface area contributed by atoms with E-state index in [1.807, 2.05) is 60.7 Å². The van der Waals surface area contributed by atoms with Gasteiger partial charge >= 0.3 is 11.9 Å². The molecule has 1 N–H and O–H groups in total. The molecule has 1 aliphatic rings. The van der Waals surface area contributed by atoms with E-state index in [0.29, 0.717) is 5.84 Å². The Hall–Kier alpha value is -3.15. The average Bonchev–Trinajstić information content (AvgIpc) is 2.96. The summed E-state index contributed by atoms with van der Waals surface area (Å²) in [5.41, 5.74) is 0.0962. The van der Waals surface area contributed by atoms with Crippen molar-refractivity contribution in [3.63, 3.8) is 0 Å². The third kappa shape index (κ3) is 3.06. The summed E-state index contributed by atoms with van der Waals surface area (Å²) in [7, 11) is 1.31. The van der Waals surface area contributed by atoms with Gasteiger partial charge in [-0.05, 0) is 12.5 Å². The molecule has 0 saturated carbocycles. The second kappa shape index (κ2) is 7.00. The van der Waals surface area contributed by atoms with Crippen molar-refractivity contribution < 1.29 is 19.4 Å². The first kappa shape index (κ1) is 17.7. The smallest absolute Gasteiger partial charge is 0.333 e. The van der Waals surface area contributed by atoms with Crippen LogP contribution >= 0.6 is 0 Å². The molecule has 6 nitrogen and oxygen atoms in total. The molecule has 0 fully saturated rings. The molecule has 0 aliphatic carbocycles. The van der Waals surface area contributed by atoms with Crippen LogP contribution in [0.2, 0.25) is 0 Å². The number of benzene rings is 2. The fourth-order valence-electron chi connectivity index (χ4n) is 3.26. The molecule has 0 amide bonds. The number of ether oxygens (including phenoxy) is 1. The van der Waals surface area contributed by atoms with Crippen LogP contribution < -0.4 is 0 Å². The van der Waals surface area contributed by atoms with Crippen LogP contribution in [-0.2, 0) is 14.3 Å². The topological polar surface area (TPSA) is 79.2 Å². The summed E-state index contributed by atoms with van der Waals surface area (Å²) < 4.78 is 4.83. The number of amidine groups is 1. The molecule has 2 unspecified atom stereocenters. The van der Waals surface area contributed by atoms with Gasteiger partial charge in [-0.1, -0.05) is 60.7 Å². The lowest BCUT2D eigenvalue weighted by molar-refractivity contribution is -0.146. The number of methoxy groups -OCH3 is 1. The Labute approximate surface area is 151 Å². The number of carbonyl (C=O) groups is 2. The molecule has 0 bridgehead atoms. The van der Waals surface area contributed by atoms with Gasteiger partial charge < -0.3 is 14.7 Å². The molecule has 6 heteroatoms. The Kier molecular flexibility index (Phi) is 4.75. The lowest BCUT2D eigenvalue weighted by Crippen LogP contribution is -2.45. The van der Waals surface area contributed by atoms with Crippen LogP contribution in [-0.4, -0.2) is 47.0 Å². The average molecular weight is 352 g/mol. The Morgan fingerprint density at radius 1 is 1.12 bits per heavy atom. The molecule has 26 heavy (non-hydrogen) atoms. The van der Waals surface area contributed by atoms with Gasteiger partial charge in [-0.2, -0.15) is 0 Å². The van der Waals surface area contributed by atoms with Gasteiger partial charge in [-0.25, -0.2) is 9.79 Å². The van der Waals surface area contributed by atoms with E-state index in [9.17, 15) is 14.7 Å². The van der Waals surface area contributed by atoms with Crippen molar-refractivity contribution in [1.82, 2.24) is 4.90 Å². The van der Waals surface area contributed by atoms with Crippen molar-refractivity contribution in [2.24, 2.45) is 4.99 Å². The maximum absolute atomic E-state index is 12.1. The van der Waals surface area contributed by atoms with E-state index in [0.717, 1.165) is 11.1 Å². The summed E-state index contributed by atoms with van der Waals surface area (Å²) in [6.45, 7) is 1.49. The summed E-state index contributed by atoms with van der Waals surface area (Å²) in [6.07, 6.45) is 0. The van der Waals surface area contributed by atoms with Crippen LogP contribution in [0.15, 0.2) is 65.7 Å². The zero-order valence-electron chi connectivity index (χ0n) is 14.6. The molecule has 0 radical (unpaired) electrons. The molecular formula is C20H20N2O4. The number of esters is 1. The van der Waals surface area contributed by atoms with Crippen molar-refractivity contribution >= 4 is 17.8 Å². The first-order valence-electron chi connectivity index (χ1n) is 8.24. The Bertz CT molecular complexity index is 835. The molecule has 134 valence electrons. The maximum atomic E-state index is 12.1. The van der Waals surface area contributed by atoms with Crippen molar-refractivity contribution in [3.8, 4) is 0 Å². The normalized spacial score (nSPS) is 22.0. The Balaban J connectivity index is 2.16.